The molecule has 4 aromatic rings. The number of hydrogen-bond donors (Lipinski definition) is 3. The Morgan fingerprint density at radius 1 is 1.17 bits per heavy atom. The Kier molecular flexibility index (Phi) is 9.41. The molecule has 252 valence electrons. The number of benzene rings is 1. The summed E-state index contributed by atoms with van der Waals surface area (Å²) in [5.41, 5.74) is 3.96. The number of aryl methyl sites for hydroxylation is 1. The lowest BCUT2D eigenvalue weighted by molar-refractivity contribution is -0.126. The van der Waals surface area contributed by atoms with Crippen molar-refractivity contribution in [2.24, 2.45) is 11.8 Å². The normalized spacial score (nSPS) is 20.0. The summed E-state index contributed by atoms with van der Waals surface area (Å²) >= 11 is 1.05. The number of rotatable bonds is 9. The third kappa shape index (κ3) is 7.51. The molecule has 2 unspecified atom stereocenters. The zero-order valence-corrected chi connectivity index (χ0v) is 28.2. The van der Waals surface area contributed by atoms with Crippen LogP contribution < -0.4 is 15.4 Å². The largest absolute Gasteiger partial charge is 0.393 e. The van der Waals surface area contributed by atoms with Crippen molar-refractivity contribution in [3.8, 4) is 6.07 Å². The SMILES string of the molecule is CNc1nc(NC2CCN(Cc3ccc4c(cc(C#N)n4CC(C)C4CCS(=O)(=O)NC4)c3C)CC2)c2cc(CC(F)(F)F)sc2n1. The molecule has 3 aromatic heterocycles. The summed E-state index contributed by atoms with van der Waals surface area (Å²) in [5.74, 6) is 1.47. The van der Waals surface area contributed by atoms with Gasteiger partial charge < -0.3 is 15.2 Å². The number of nitriles is 1. The van der Waals surface area contributed by atoms with Crippen LogP contribution >= 0.6 is 11.3 Å². The van der Waals surface area contributed by atoms with E-state index in [4.69, 9.17) is 0 Å². The van der Waals surface area contributed by atoms with Gasteiger partial charge in [-0.3, -0.25) is 4.90 Å². The summed E-state index contributed by atoms with van der Waals surface area (Å²) in [5, 5.41) is 18.0. The fraction of sp³-hybridized carbons (Fsp3) is 0.531. The van der Waals surface area contributed by atoms with Gasteiger partial charge in [-0.05, 0) is 67.3 Å². The smallest absolute Gasteiger partial charge is 0.367 e. The topological polar surface area (TPSA) is 128 Å². The van der Waals surface area contributed by atoms with Crippen molar-refractivity contribution < 1.29 is 21.6 Å². The van der Waals surface area contributed by atoms with Crippen molar-refractivity contribution in [2.75, 3.05) is 43.1 Å². The van der Waals surface area contributed by atoms with Gasteiger partial charge in [0, 0.05) is 61.6 Å². The summed E-state index contributed by atoms with van der Waals surface area (Å²) in [6.45, 7) is 7.75. The van der Waals surface area contributed by atoms with Gasteiger partial charge >= 0.3 is 6.18 Å². The molecule has 5 heterocycles. The standard InChI is InChI=1S/C32H39F3N8O2S2/c1-19(21-8-11-47(44,45)38-16-21)17-43-24(15-36)12-26-20(2)22(4-5-28(26)43)18-42-9-6-23(7-10-42)39-29-27-13-25(14-32(33,34)35)46-30(27)41-31(37-3)40-29/h4-5,12-13,19,21,23,38H,6-11,14,16-18H2,1-3H3,(H2,37,39,40,41). The van der Waals surface area contributed by atoms with E-state index in [-0.39, 0.29) is 28.5 Å². The van der Waals surface area contributed by atoms with Crippen molar-refractivity contribution in [2.45, 2.75) is 64.8 Å². The van der Waals surface area contributed by atoms with Crippen LogP contribution in [0.1, 0.15) is 47.9 Å². The second-order valence-corrected chi connectivity index (χ2v) is 15.8. The monoisotopic (exact) mass is 688 g/mol. The highest BCUT2D eigenvalue weighted by Gasteiger charge is 2.30. The van der Waals surface area contributed by atoms with Crippen molar-refractivity contribution in [3.63, 3.8) is 0 Å². The third-order valence-corrected chi connectivity index (χ3v) is 12.0. The number of likely N-dealkylation sites (tertiary alicyclic amines) is 1. The molecule has 0 radical (unpaired) electrons. The number of nitrogens with one attached hydrogen (secondary N) is 3. The average Bonchev–Trinajstić information content (AvgIpc) is 3.59. The van der Waals surface area contributed by atoms with Crippen LogP contribution in [0, 0.1) is 30.1 Å². The first-order valence-electron chi connectivity index (χ1n) is 15.9. The minimum atomic E-state index is -4.29. The summed E-state index contributed by atoms with van der Waals surface area (Å²) < 4.78 is 67.5. The Morgan fingerprint density at radius 2 is 1.94 bits per heavy atom. The lowest BCUT2D eigenvalue weighted by Gasteiger charge is -2.33. The summed E-state index contributed by atoms with van der Waals surface area (Å²) in [7, 11) is -1.48. The summed E-state index contributed by atoms with van der Waals surface area (Å²) in [6.07, 6.45) is -2.95. The zero-order valence-electron chi connectivity index (χ0n) is 26.6. The first-order chi connectivity index (χ1) is 22.3. The number of thiophene rings is 1. The summed E-state index contributed by atoms with van der Waals surface area (Å²) in [4.78, 5) is 12.1. The highest BCUT2D eigenvalue weighted by molar-refractivity contribution is 7.89. The van der Waals surface area contributed by atoms with Crippen molar-refractivity contribution in [3.05, 3.63) is 46.0 Å². The van der Waals surface area contributed by atoms with Crippen LogP contribution in [0.5, 0.6) is 0 Å². The second kappa shape index (κ2) is 13.2. The fourth-order valence-electron chi connectivity index (χ4n) is 6.77. The molecular formula is C32H39F3N8O2S2. The number of aromatic nitrogens is 3. The summed E-state index contributed by atoms with van der Waals surface area (Å²) in [6, 6.07) is 10.2. The highest BCUT2D eigenvalue weighted by atomic mass is 32.2. The molecule has 0 spiro atoms. The first-order valence-corrected chi connectivity index (χ1v) is 18.3. The zero-order chi connectivity index (χ0) is 33.5. The van der Waals surface area contributed by atoms with Crippen LogP contribution in [-0.4, -0.2) is 72.5 Å². The number of fused-ring (bicyclic) bond motifs is 2. The van der Waals surface area contributed by atoms with E-state index >= 15 is 0 Å². The van der Waals surface area contributed by atoms with Gasteiger partial charge in [0.1, 0.15) is 22.4 Å². The molecule has 15 heteroatoms. The van der Waals surface area contributed by atoms with Gasteiger partial charge in [-0.25, -0.2) is 18.1 Å². The van der Waals surface area contributed by atoms with Crippen LogP contribution in [0.3, 0.4) is 0 Å². The van der Waals surface area contributed by atoms with Crippen molar-refractivity contribution in [1.82, 2.24) is 24.2 Å². The van der Waals surface area contributed by atoms with Crippen molar-refractivity contribution >= 4 is 54.2 Å². The predicted molar refractivity (Wildman–Crippen MR) is 179 cm³/mol. The van der Waals surface area contributed by atoms with E-state index in [1.807, 2.05) is 6.07 Å². The van der Waals surface area contributed by atoms with Gasteiger partial charge in [0.15, 0.2) is 0 Å². The molecule has 2 saturated heterocycles. The van der Waals surface area contributed by atoms with Crippen LogP contribution in [0.15, 0.2) is 24.3 Å². The molecule has 1 aromatic carbocycles. The maximum absolute atomic E-state index is 13.1. The molecule has 0 saturated carbocycles. The van der Waals surface area contributed by atoms with Gasteiger partial charge in [-0.2, -0.15) is 23.4 Å². The van der Waals surface area contributed by atoms with E-state index in [1.165, 1.54) is 5.56 Å². The van der Waals surface area contributed by atoms with Gasteiger partial charge in [0.05, 0.1) is 17.6 Å². The molecule has 3 N–H and O–H groups in total. The number of piperidine rings is 1. The van der Waals surface area contributed by atoms with Crippen LogP contribution in [0.4, 0.5) is 24.9 Å². The Hall–Kier alpha value is -3.45. The van der Waals surface area contributed by atoms with Crippen LogP contribution in [0.2, 0.25) is 0 Å². The average molecular weight is 689 g/mol. The lowest BCUT2D eigenvalue weighted by atomic mass is 9.91. The van der Waals surface area contributed by atoms with Gasteiger partial charge in [0.25, 0.3) is 0 Å². The number of anilines is 2. The molecule has 2 aliphatic rings. The Morgan fingerprint density at radius 3 is 2.60 bits per heavy atom. The number of nitrogens with zero attached hydrogens (tertiary/aromatic N) is 5. The van der Waals surface area contributed by atoms with E-state index < -0.39 is 22.6 Å². The third-order valence-electron chi connectivity index (χ3n) is 9.54. The van der Waals surface area contributed by atoms with E-state index in [9.17, 15) is 26.9 Å². The lowest BCUT2D eigenvalue weighted by Crippen LogP contribution is -2.40. The van der Waals surface area contributed by atoms with Crippen molar-refractivity contribution in [1.29, 1.82) is 5.26 Å². The molecule has 47 heavy (non-hydrogen) atoms. The molecule has 6 rings (SSSR count). The number of sulfonamides is 1. The fourth-order valence-corrected chi connectivity index (χ4v) is 9.05. The van der Waals surface area contributed by atoms with E-state index in [1.54, 1.807) is 13.1 Å². The van der Waals surface area contributed by atoms with E-state index in [0.717, 1.165) is 60.3 Å². The molecule has 2 aliphatic heterocycles. The predicted octanol–water partition coefficient (Wildman–Crippen LogP) is 5.62. The van der Waals surface area contributed by atoms with Crippen LogP contribution in [0.25, 0.3) is 21.1 Å². The molecule has 10 nitrogen and oxygen atoms in total. The van der Waals surface area contributed by atoms with E-state index in [2.05, 4.69) is 66.8 Å². The van der Waals surface area contributed by atoms with Crippen LogP contribution in [-0.2, 0) is 29.5 Å². The highest BCUT2D eigenvalue weighted by Crippen LogP contribution is 2.35. The number of alkyl halides is 3. The molecular weight excluding hydrogens is 650 g/mol. The molecule has 0 aliphatic carbocycles. The minimum absolute atomic E-state index is 0.122. The number of halogens is 3. The maximum atomic E-state index is 13.1. The Balaban J connectivity index is 1.11. The quantitative estimate of drug-likeness (QED) is 0.207. The first kappa shape index (κ1) is 33.5. The van der Waals surface area contributed by atoms with Gasteiger partial charge in [0.2, 0.25) is 16.0 Å². The van der Waals surface area contributed by atoms with Gasteiger partial charge in [-0.1, -0.05) is 13.0 Å². The molecule has 2 atom stereocenters. The number of hydrogen-bond acceptors (Lipinski definition) is 9. The second-order valence-electron chi connectivity index (χ2n) is 12.8. The maximum Gasteiger partial charge on any atom is 0.393 e. The molecule has 2 fully saturated rings. The van der Waals surface area contributed by atoms with E-state index in [0.29, 0.717) is 47.2 Å². The Labute approximate surface area is 276 Å². The molecule has 0 bridgehead atoms. The van der Waals surface area contributed by atoms with Gasteiger partial charge in [-0.15, -0.1) is 11.3 Å². The minimum Gasteiger partial charge on any atom is -0.367 e. The molecule has 0 amide bonds. The Bertz CT molecular complexity index is 1910.